The molecule has 128 valence electrons. The highest BCUT2D eigenvalue weighted by molar-refractivity contribution is 5.63. The second-order valence-corrected chi connectivity index (χ2v) is 6.55. The third kappa shape index (κ3) is 3.13. The van der Waals surface area contributed by atoms with Crippen LogP contribution < -0.4 is 9.47 Å². The quantitative estimate of drug-likeness (QED) is 0.825. The van der Waals surface area contributed by atoms with Gasteiger partial charge in [-0.1, -0.05) is 12.8 Å². The molecule has 5 heteroatoms. The SMILES string of the molecule is COc1ccc(-c2ccn(C3CCCC3)n2)cc1O[C@H]1CCCO1. The minimum atomic E-state index is -0.176. The number of methoxy groups -OCH3 is 1. The zero-order chi connectivity index (χ0) is 16.4. The fraction of sp³-hybridized carbons (Fsp3) is 0.526. The molecule has 0 spiro atoms. The van der Waals surface area contributed by atoms with E-state index in [1.54, 1.807) is 7.11 Å². The topological polar surface area (TPSA) is 45.5 Å². The van der Waals surface area contributed by atoms with Crippen LogP contribution in [-0.4, -0.2) is 29.8 Å². The highest BCUT2D eigenvalue weighted by atomic mass is 16.7. The van der Waals surface area contributed by atoms with Gasteiger partial charge in [0.15, 0.2) is 17.8 Å². The molecule has 4 rings (SSSR count). The highest BCUT2D eigenvalue weighted by Gasteiger charge is 2.21. The van der Waals surface area contributed by atoms with E-state index >= 15 is 0 Å². The van der Waals surface area contributed by atoms with Gasteiger partial charge in [-0.3, -0.25) is 4.68 Å². The molecule has 1 atom stereocenters. The standard InChI is InChI=1S/C19H24N2O3/c1-22-17-9-8-14(13-18(17)24-19-7-4-12-23-19)16-10-11-21(20-16)15-5-2-3-6-15/h8-11,13,15,19H,2-7,12H2,1H3/t19-/m0/s1. The first kappa shape index (κ1) is 15.5. The average Bonchev–Trinajstić information content (AvgIpc) is 3.35. The van der Waals surface area contributed by atoms with Crippen molar-refractivity contribution in [3.8, 4) is 22.8 Å². The van der Waals surface area contributed by atoms with Crippen molar-refractivity contribution in [2.75, 3.05) is 13.7 Å². The van der Waals surface area contributed by atoms with Crippen LogP contribution in [0.2, 0.25) is 0 Å². The molecule has 5 nitrogen and oxygen atoms in total. The van der Waals surface area contributed by atoms with Gasteiger partial charge >= 0.3 is 0 Å². The fourth-order valence-electron chi connectivity index (χ4n) is 3.57. The van der Waals surface area contributed by atoms with Crippen molar-refractivity contribution in [1.82, 2.24) is 9.78 Å². The van der Waals surface area contributed by atoms with Gasteiger partial charge in [0.05, 0.1) is 25.5 Å². The Morgan fingerprint density at radius 1 is 1.08 bits per heavy atom. The first-order valence-electron chi connectivity index (χ1n) is 8.85. The minimum Gasteiger partial charge on any atom is -0.493 e. The summed E-state index contributed by atoms with van der Waals surface area (Å²) in [6.45, 7) is 0.762. The molecule has 0 radical (unpaired) electrons. The first-order chi connectivity index (χ1) is 11.8. The number of ether oxygens (including phenoxy) is 3. The number of benzene rings is 1. The third-order valence-corrected chi connectivity index (χ3v) is 4.91. The summed E-state index contributed by atoms with van der Waals surface area (Å²) < 4.78 is 19.1. The molecular formula is C19H24N2O3. The second kappa shape index (κ2) is 6.85. The van der Waals surface area contributed by atoms with Crippen LogP contribution in [0.25, 0.3) is 11.3 Å². The molecule has 1 saturated carbocycles. The molecule has 0 amide bonds. The summed E-state index contributed by atoms with van der Waals surface area (Å²) in [7, 11) is 1.66. The summed E-state index contributed by atoms with van der Waals surface area (Å²) in [6.07, 6.45) is 8.96. The lowest BCUT2D eigenvalue weighted by Crippen LogP contribution is -2.14. The molecule has 1 aliphatic carbocycles. The van der Waals surface area contributed by atoms with E-state index in [1.165, 1.54) is 25.7 Å². The van der Waals surface area contributed by atoms with Gasteiger partial charge in [-0.25, -0.2) is 0 Å². The summed E-state index contributed by atoms with van der Waals surface area (Å²) in [6, 6.07) is 8.61. The Kier molecular flexibility index (Phi) is 4.43. The van der Waals surface area contributed by atoms with Crippen molar-refractivity contribution in [3.63, 3.8) is 0 Å². The predicted octanol–water partition coefficient (Wildman–Crippen LogP) is 4.19. The van der Waals surface area contributed by atoms with Crippen LogP contribution in [0.1, 0.15) is 44.6 Å². The van der Waals surface area contributed by atoms with Gasteiger partial charge in [0.25, 0.3) is 0 Å². The Labute approximate surface area is 142 Å². The van der Waals surface area contributed by atoms with Gasteiger partial charge in [0, 0.05) is 18.2 Å². The Morgan fingerprint density at radius 2 is 1.96 bits per heavy atom. The molecule has 2 fully saturated rings. The molecule has 1 aromatic heterocycles. The number of nitrogens with zero attached hydrogens (tertiary/aromatic N) is 2. The van der Waals surface area contributed by atoms with Crippen LogP contribution in [0.3, 0.4) is 0 Å². The van der Waals surface area contributed by atoms with Gasteiger partial charge in [-0.2, -0.15) is 5.10 Å². The van der Waals surface area contributed by atoms with Gasteiger partial charge < -0.3 is 14.2 Å². The maximum Gasteiger partial charge on any atom is 0.200 e. The largest absolute Gasteiger partial charge is 0.493 e. The van der Waals surface area contributed by atoms with E-state index < -0.39 is 0 Å². The monoisotopic (exact) mass is 328 g/mol. The van der Waals surface area contributed by atoms with Gasteiger partial charge in [0.2, 0.25) is 0 Å². The summed E-state index contributed by atoms with van der Waals surface area (Å²) in [5.41, 5.74) is 2.02. The summed E-state index contributed by atoms with van der Waals surface area (Å²) >= 11 is 0. The zero-order valence-corrected chi connectivity index (χ0v) is 14.1. The van der Waals surface area contributed by atoms with Crippen LogP contribution in [-0.2, 0) is 4.74 Å². The van der Waals surface area contributed by atoms with Crippen molar-refractivity contribution in [2.24, 2.45) is 0 Å². The van der Waals surface area contributed by atoms with E-state index in [2.05, 4.69) is 16.9 Å². The molecule has 1 aliphatic heterocycles. The third-order valence-electron chi connectivity index (χ3n) is 4.91. The first-order valence-corrected chi connectivity index (χ1v) is 8.85. The molecule has 0 N–H and O–H groups in total. The lowest BCUT2D eigenvalue weighted by Gasteiger charge is -2.16. The number of hydrogen-bond acceptors (Lipinski definition) is 4. The van der Waals surface area contributed by atoms with E-state index in [0.717, 1.165) is 42.2 Å². The lowest BCUT2D eigenvalue weighted by molar-refractivity contribution is -0.0402. The molecule has 0 bridgehead atoms. The Bertz CT molecular complexity index is 686. The second-order valence-electron chi connectivity index (χ2n) is 6.55. The highest BCUT2D eigenvalue weighted by Crippen LogP contribution is 2.35. The normalized spacial score (nSPS) is 21.3. The van der Waals surface area contributed by atoms with Crippen molar-refractivity contribution in [1.29, 1.82) is 0 Å². The molecule has 0 unspecified atom stereocenters. The Morgan fingerprint density at radius 3 is 2.71 bits per heavy atom. The van der Waals surface area contributed by atoms with E-state index in [0.29, 0.717) is 6.04 Å². The van der Waals surface area contributed by atoms with Crippen molar-refractivity contribution < 1.29 is 14.2 Å². The smallest absolute Gasteiger partial charge is 0.200 e. The fourth-order valence-corrected chi connectivity index (χ4v) is 3.57. The molecule has 1 saturated heterocycles. The molecule has 1 aromatic carbocycles. The van der Waals surface area contributed by atoms with Crippen LogP contribution in [0, 0.1) is 0 Å². The van der Waals surface area contributed by atoms with Crippen molar-refractivity contribution in [3.05, 3.63) is 30.5 Å². The van der Waals surface area contributed by atoms with Crippen LogP contribution in [0.4, 0.5) is 0 Å². The molecule has 2 aromatic rings. The van der Waals surface area contributed by atoms with Crippen LogP contribution in [0.15, 0.2) is 30.5 Å². The molecular weight excluding hydrogens is 304 g/mol. The van der Waals surface area contributed by atoms with E-state index in [9.17, 15) is 0 Å². The van der Waals surface area contributed by atoms with Gasteiger partial charge in [0.1, 0.15) is 0 Å². The predicted molar refractivity (Wildman–Crippen MR) is 91.3 cm³/mol. The molecule has 2 heterocycles. The molecule has 2 aliphatic rings. The zero-order valence-electron chi connectivity index (χ0n) is 14.1. The number of rotatable bonds is 5. The summed E-state index contributed by atoms with van der Waals surface area (Å²) in [4.78, 5) is 0. The maximum atomic E-state index is 5.98. The van der Waals surface area contributed by atoms with E-state index in [1.807, 2.05) is 18.2 Å². The van der Waals surface area contributed by atoms with Crippen molar-refractivity contribution in [2.45, 2.75) is 50.9 Å². The number of hydrogen-bond donors (Lipinski definition) is 0. The maximum absolute atomic E-state index is 5.98. The summed E-state index contributed by atoms with van der Waals surface area (Å²) in [5, 5.41) is 4.78. The van der Waals surface area contributed by atoms with Crippen molar-refractivity contribution >= 4 is 0 Å². The van der Waals surface area contributed by atoms with Crippen LogP contribution in [0.5, 0.6) is 11.5 Å². The number of aromatic nitrogens is 2. The van der Waals surface area contributed by atoms with Gasteiger partial charge in [-0.05, 0) is 43.5 Å². The Hall–Kier alpha value is -2.01. The minimum absolute atomic E-state index is 0.176. The Balaban J connectivity index is 1.58. The average molecular weight is 328 g/mol. The van der Waals surface area contributed by atoms with Gasteiger partial charge in [-0.15, -0.1) is 0 Å². The van der Waals surface area contributed by atoms with E-state index in [4.69, 9.17) is 19.3 Å². The summed E-state index contributed by atoms with van der Waals surface area (Å²) in [5.74, 6) is 1.45. The lowest BCUT2D eigenvalue weighted by atomic mass is 10.1. The van der Waals surface area contributed by atoms with E-state index in [-0.39, 0.29) is 6.29 Å². The molecule has 24 heavy (non-hydrogen) atoms. The van der Waals surface area contributed by atoms with Crippen LogP contribution >= 0.6 is 0 Å².